The zero-order chi connectivity index (χ0) is 24.0. The maximum atomic E-state index is 13.3. The molecule has 0 radical (unpaired) electrons. The van der Waals surface area contributed by atoms with Crippen molar-refractivity contribution < 1.29 is 18.0 Å². The van der Waals surface area contributed by atoms with Gasteiger partial charge in [-0.1, -0.05) is 30.3 Å². The molecular formula is C20H27N7O4S2. The van der Waals surface area contributed by atoms with Crippen LogP contribution in [0.2, 0.25) is 0 Å². The van der Waals surface area contributed by atoms with Crippen molar-refractivity contribution in [2.24, 2.45) is 21.8 Å². The monoisotopic (exact) mass is 493 g/mol. The van der Waals surface area contributed by atoms with Crippen molar-refractivity contribution in [2.75, 3.05) is 6.54 Å². The SMILES string of the molecule is N/N=C(\N)c1ccc(CNC(=O)C2CCCN2C(=O)C(Cc2ccccc2)NS(N)(=O)=O)s1. The van der Waals surface area contributed by atoms with Crippen LogP contribution in [0.15, 0.2) is 47.6 Å². The Balaban J connectivity index is 1.68. The van der Waals surface area contributed by atoms with E-state index in [2.05, 4.69) is 15.1 Å². The Labute approximate surface area is 196 Å². The van der Waals surface area contributed by atoms with Gasteiger partial charge < -0.3 is 21.8 Å². The second-order valence-electron chi connectivity index (χ2n) is 7.59. The predicted octanol–water partition coefficient (Wildman–Crippen LogP) is -0.661. The molecule has 0 bridgehead atoms. The minimum absolute atomic E-state index is 0.114. The highest BCUT2D eigenvalue weighted by Crippen LogP contribution is 2.21. The van der Waals surface area contributed by atoms with E-state index in [1.807, 2.05) is 12.1 Å². The summed E-state index contributed by atoms with van der Waals surface area (Å²) >= 11 is 1.35. The Kier molecular flexibility index (Phi) is 8.02. The van der Waals surface area contributed by atoms with Crippen molar-refractivity contribution in [3.63, 3.8) is 0 Å². The lowest BCUT2D eigenvalue weighted by molar-refractivity contribution is -0.139. The van der Waals surface area contributed by atoms with Crippen molar-refractivity contribution in [2.45, 2.75) is 37.9 Å². The van der Waals surface area contributed by atoms with Gasteiger partial charge in [0, 0.05) is 11.4 Å². The van der Waals surface area contributed by atoms with Gasteiger partial charge in [-0.25, -0.2) is 5.14 Å². The van der Waals surface area contributed by atoms with Crippen LogP contribution in [0.5, 0.6) is 0 Å². The number of amides is 2. The zero-order valence-corrected chi connectivity index (χ0v) is 19.4. The first-order valence-electron chi connectivity index (χ1n) is 10.2. The molecule has 3 rings (SSSR count). The molecule has 2 unspecified atom stereocenters. The van der Waals surface area contributed by atoms with Crippen LogP contribution in [-0.4, -0.2) is 49.6 Å². The van der Waals surface area contributed by atoms with Crippen molar-refractivity contribution in [3.8, 4) is 0 Å². The molecule has 1 aromatic carbocycles. The number of nitrogens with zero attached hydrogens (tertiary/aromatic N) is 2. The van der Waals surface area contributed by atoms with Crippen molar-refractivity contribution >= 4 is 39.2 Å². The summed E-state index contributed by atoms with van der Waals surface area (Å²) in [5.74, 6) is 4.59. The van der Waals surface area contributed by atoms with Crippen LogP contribution in [0.25, 0.3) is 0 Å². The molecular weight excluding hydrogens is 466 g/mol. The van der Waals surface area contributed by atoms with Crippen LogP contribution >= 0.6 is 11.3 Å². The number of rotatable bonds is 9. The fourth-order valence-corrected chi connectivity index (χ4v) is 5.13. The van der Waals surface area contributed by atoms with Gasteiger partial charge in [0.2, 0.25) is 11.8 Å². The van der Waals surface area contributed by atoms with Crippen molar-refractivity contribution in [3.05, 3.63) is 57.8 Å². The first-order chi connectivity index (χ1) is 15.7. The Bertz CT molecular complexity index is 1120. The van der Waals surface area contributed by atoms with E-state index < -0.39 is 28.2 Å². The summed E-state index contributed by atoms with van der Waals surface area (Å²) in [4.78, 5) is 29.1. The molecule has 0 spiro atoms. The van der Waals surface area contributed by atoms with Crippen LogP contribution < -0.4 is 26.8 Å². The average Bonchev–Trinajstić information content (AvgIpc) is 3.46. The van der Waals surface area contributed by atoms with E-state index in [4.69, 9.17) is 16.7 Å². The normalized spacial score (nSPS) is 17.7. The topological polar surface area (TPSA) is 186 Å². The first kappa shape index (κ1) is 24.6. The molecule has 1 aromatic heterocycles. The predicted molar refractivity (Wildman–Crippen MR) is 126 cm³/mol. The Morgan fingerprint density at radius 1 is 1.21 bits per heavy atom. The molecule has 0 aliphatic carbocycles. The fraction of sp³-hybridized carbons (Fsp3) is 0.350. The number of hydrazone groups is 1. The molecule has 1 aliphatic rings. The summed E-state index contributed by atoms with van der Waals surface area (Å²) in [7, 11) is -4.13. The smallest absolute Gasteiger partial charge is 0.275 e. The molecule has 8 N–H and O–H groups in total. The first-order valence-corrected chi connectivity index (χ1v) is 12.6. The molecule has 178 valence electrons. The molecule has 1 fully saturated rings. The zero-order valence-electron chi connectivity index (χ0n) is 17.8. The number of nitrogens with two attached hydrogens (primary N) is 3. The molecule has 13 heteroatoms. The number of hydrogen-bond acceptors (Lipinski definition) is 7. The lowest BCUT2D eigenvalue weighted by atomic mass is 10.1. The number of thiophene rings is 1. The highest BCUT2D eigenvalue weighted by atomic mass is 32.2. The van der Waals surface area contributed by atoms with Gasteiger partial charge in [-0.2, -0.15) is 18.2 Å². The lowest BCUT2D eigenvalue weighted by Gasteiger charge is -2.28. The van der Waals surface area contributed by atoms with E-state index in [-0.39, 0.29) is 24.7 Å². The third-order valence-electron chi connectivity index (χ3n) is 5.22. The van der Waals surface area contributed by atoms with Crippen LogP contribution in [0.1, 0.15) is 28.2 Å². The number of amidine groups is 1. The summed E-state index contributed by atoms with van der Waals surface area (Å²) in [6.07, 6.45) is 1.22. The summed E-state index contributed by atoms with van der Waals surface area (Å²) in [6, 6.07) is 10.7. The van der Waals surface area contributed by atoms with Crippen LogP contribution in [0.3, 0.4) is 0 Å². The Hall–Kier alpha value is -3.00. The van der Waals surface area contributed by atoms with E-state index in [1.165, 1.54) is 16.2 Å². The maximum Gasteiger partial charge on any atom is 0.275 e. The second-order valence-corrected chi connectivity index (χ2v) is 10.1. The van der Waals surface area contributed by atoms with Gasteiger partial charge in [0.15, 0.2) is 5.84 Å². The van der Waals surface area contributed by atoms with E-state index in [0.29, 0.717) is 24.3 Å². The van der Waals surface area contributed by atoms with Gasteiger partial charge in [0.25, 0.3) is 10.2 Å². The third kappa shape index (κ3) is 6.74. The van der Waals surface area contributed by atoms with Gasteiger partial charge in [0.05, 0.1) is 11.4 Å². The highest BCUT2D eigenvalue weighted by molar-refractivity contribution is 7.87. The Morgan fingerprint density at radius 2 is 1.94 bits per heavy atom. The fourth-order valence-electron chi connectivity index (χ4n) is 3.70. The number of benzene rings is 1. The quantitative estimate of drug-likeness (QED) is 0.133. The van der Waals surface area contributed by atoms with Gasteiger partial charge in [-0.05, 0) is 37.0 Å². The minimum atomic E-state index is -4.13. The van der Waals surface area contributed by atoms with Crippen molar-refractivity contribution in [1.82, 2.24) is 14.9 Å². The van der Waals surface area contributed by atoms with Gasteiger partial charge in [0.1, 0.15) is 12.1 Å². The molecule has 1 aliphatic heterocycles. The number of likely N-dealkylation sites (tertiary alicyclic amines) is 1. The summed E-state index contributed by atoms with van der Waals surface area (Å²) in [6.45, 7) is 0.601. The van der Waals surface area contributed by atoms with Crippen LogP contribution in [0, 0.1) is 0 Å². The van der Waals surface area contributed by atoms with E-state index >= 15 is 0 Å². The van der Waals surface area contributed by atoms with E-state index in [9.17, 15) is 18.0 Å². The second kappa shape index (κ2) is 10.7. The molecule has 33 heavy (non-hydrogen) atoms. The largest absolute Gasteiger partial charge is 0.381 e. The summed E-state index contributed by atoms with van der Waals surface area (Å²) in [5, 5.41) is 11.4. The molecule has 0 saturated carbocycles. The lowest BCUT2D eigenvalue weighted by Crippen LogP contribution is -2.55. The summed E-state index contributed by atoms with van der Waals surface area (Å²) in [5.41, 5.74) is 6.45. The van der Waals surface area contributed by atoms with Gasteiger partial charge in [-0.15, -0.1) is 11.3 Å². The van der Waals surface area contributed by atoms with E-state index in [0.717, 1.165) is 10.4 Å². The molecule has 11 nitrogen and oxygen atoms in total. The standard InChI is InChI=1S/C20H27N7O4S2/c21-18(25-22)17-9-8-14(32-17)12-24-19(28)16-7-4-10-27(16)20(29)15(26-33(23,30)31)11-13-5-2-1-3-6-13/h1-3,5-6,8-9,15-16,26H,4,7,10-12,22H2,(H2,21,25)(H,24,28)(H2,23,30,31). The summed E-state index contributed by atoms with van der Waals surface area (Å²) < 4.78 is 25.6. The molecule has 1 saturated heterocycles. The Morgan fingerprint density at radius 3 is 2.61 bits per heavy atom. The van der Waals surface area contributed by atoms with E-state index in [1.54, 1.807) is 30.3 Å². The minimum Gasteiger partial charge on any atom is -0.381 e. The molecule has 2 amide bonds. The number of nitrogens with one attached hydrogen (secondary N) is 2. The third-order valence-corrected chi connectivity index (χ3v) is 6.94. The number of carbonyl (C=O) groups is 2. The van der Waals surface area contributed by atoms with Crippen LogP contribution in [-0.2, 0) is 32.8 Å². The highest BCUT2D eigenvalue weighted by Gasteiger charge is 2.38. The van der Waals surface area contributed by atoms with Crippen molar-refractivity contribution in [1.29, 1.82) is 0 Å². The van der Waals surface area contributed by atoms with Gasteiger partial charge in [-0.3, -0.25) is 9.59 Å². The number of carbonyl (C=O) groups excluding carboxylic acids is 2. The molecule has 2 aromatic rings. The maximum absolute atomic E-state index is 13.3. The average molecular weight is 494 g/mol. The van der Waals surface area contributed by atoms with Gasteiger partial charge >= 0.3 is 0 Å². The molecule has 2 heterocycles. The molecule has 2 atom stereocenters. The number of hydrogen-bond donors (Lipinski definition) is 5. The van der Waals surface area contributed by atoms with Crippen LogP contribution in [0.4, 0.5) is 0 Å².